The highest BCUT2D eigenvalue weighted by atomic mass is 35.5. The number of hydrogen-bond donors (Lipinski definition) is 1. The molecule has 0 aliphatic carbocycles. The molecule has 140 valence electrons. The van der Waals surface area contributed by atoms with Crippen LogP contribution in [0.25, 0.3) is 22.6 Å². The van der Waals surface area contributed by atoms with E-state index in [2.05, 4.69) is 10.3 Å². The van der Waals surface area contributed by atoms with Gasteiger partial charge in [0.25, 0.3) is 5.91 Å². The molecule has 4 aromatic rings. The molecular weight excluding hydrogens is 399 g/mol. The molecule has 1 amide bonds. The summed E-state index contributed by atoms with van der Waals surface area (Å²) in [5.41, 5.74) is 2.35. The molecule has 1 N–H and O–H groups in total. The Bertz CT molecular complexity index is 1140. The topological polar surface area (TPSA) is 64.4 Å². The third-order valence-electron chi connectivity index (χ3n) is 3.94. The van der Waals surface area contributed by atoms with Gasteiger partial charge in [-0.25, -0.2) is 4.98 Å². The summed E-state index contributed by atoms with van der Waals surface area (Å²) < 4.78 is 11.2. The maximum atomic E-state index is 12.2. The highest BCUT2D eigenvalue weighted by Crippen LogP contribution is 2.33. The normalized spacial score (nSPS) is 10.8. The molecule has 0 fully saturated rings. The van der Waals surface area contributed by atoms with E-state index in [1.54, 1.807) is 48.5 Å². The number of nitrogens with zero attached hydrogens (tertiary/aromatic N) is 1. The predicted molar refractivity (Wildman–Crippen MR) is 110 cm³/mol. The number of oxazole rings is 1. The van der Waals surface area contributed by atoms with Gasteiger partial charge in [0.15, 0.2) is 12.2 Å². The molecular formula is C21H14Cl2N2O3. The van der Waals surface area contributed by atoms with Crippen molar-refractivity contribution < 1.29 is 13.9 Å². The first-order valence-electron chi connectivity index (χ1n) is 8.42. The van der Waals surface area contributed by atoms with Gasteiger partial charge < -0.3 is 14.5 Å². The van der Waals surface area contributed by atoms with E-state index in [-0.39, 0.29) is 12.5 Å². The number of ether oxygens (including phenoxy) is 1. The minimum atomic E-state index is -0.290. The second-order valence-electron chi connectivity index (χ2n) is 5.98. The minimum absolute atomic E-state index is 0.108. The number of para-hydroxylation sites is 1. The number of amides is 1. The summed E-state index contributed by atoms with van der Waals surface area (Å²) in [6.07, 6.45) is 0. The first-order chi connectivity index (χ1) is 13.6. The van der Waals surface area contributed by atoms with E-state index in [0.29, 0.717) is 44.0 Å². The number of carbonyl (C=O) groups excluding carboxylic acids is 1. The fourth-order valence-electron chi connectivity index (χ4n) is 2.65. The Morgan fingerprint density at radius 1 is 1.04 bits per heavy atom. The molecule has 0 aliphatic rings. The molecule has 0 saturated heterocycles. The summed E-state index contributed by atoms with van der Waals surface area (Å²) in [6.45, 7) is -0.108. The minimum Gasteiger partial charge on any atom is -0.484 e. The summed E-state index contributed by atoms with van der Waals surface area (Å²) >= 11 is 12.3. The Labute approximate surface area is 170 Å². The fourth-order valence-corrected chi connectivity index (χ4v) is 3.01. The van der Waals surface area contributed by atoms with E-state index in [1.165, 1.54) is 0 Å². The molecule has 0 saturated carbocycles. The molecule has 7 heteroatoms. The van der Waals surface area contributed by atoms with Gasteiger partial charge >= 0.3 is 0 Å². The van der Waals surface area contributed by atoms with Gasteiger partial charge in [0.1, 0.15) is 11.3 Å². The van der Waals surface area contributed by atoms with Crippen LogP contribution in [0.3, 0.4) is 0 Å². The van der Waals surface area contributed by atoms with Crippen molar-refractivity contribution in [3.05, 3.63) is 76.8 Å². The second-order valence-corrected chi connectivity index (χ2v) is 6.82. The number of rotatable bonds is 5. The molecule has 0 bridgehead atoms. The maximum absolute atomic E-state index is 12.2. The molecule has 4 rings (SSSR count). The molecule has 1 aromatic heterocycles. The van der Waals surface area contributed by atoms with Crippen molar-refractivity contribution in [2.45, 2.75) is 0 Å². The average Bonchev–Trinajstić information content (AvgIpc) is 3.11. The number of carbonyl (C=O) groups is 1. The van der Waals surface area contributed by atoms with Crippen molar-refractivity contribution in [3.8, 4) is 17.2 Å². The van der Waals surface area contributed by atoms with Crippen LogP contribution in [0.1, 0.15) is 0 Å². The molecule has 3 aromatic carbocycles. The maximum Gasteiger partial charge on any atom is 0.262 e. The van der Waals surface area contributed by atoms with Gasteiger partial charge in [0.05, 0.1) is 10.6 Å². The number of hydrogen-bond acceptors (Lipinski definition) is 4. The lowest BCUT2D eigenvalue weighted by atomic mass is 10.2. The lowest BCUT2D eigenvalue weighted by molar-refractivity contribution is -0.118. The van der Waals surface area contributed by atoms with Gasteiger partial charge in [-0.15, -0.1) is 0 Å². The van der Waals surface area contributed by atoms with Crippen molar-refractivity contribution in [2.24, 2.45) is 0 Å². The van der Waals surface area contributed by atoms with Gasteiger partial charge in [-0.3, -0.25) is 4.79 Å². The zero-order valence-corrected chi connectivity index (χ0v) is 16.0. The Hall–Kier alpha value is -3.02. The van der Waals surface area contributed by atoms with Crippen LogP contribution in [0.15, 0.2) is 71.1 Å². The molecule has 0 aliphatic heterocycles. The lowest BCUT2D eigenvalue weighted by Crippen LogP contribution is -2.20. The van der Waals surface area contributed by atoms with Crippen LogP contribution >= 0.6 is 23.2 Å². The largest absolute Gasteiger partial charge is 0.484 e. The van der Waals surface area contributed by atoms with Crippen LogP contribution in [-0.4, -0.2) is 17.5 Å². The molecule has 0 radical (unpaired) electrons. The van der Waals surface area contributed by atoms with Gasteiger partial charge in [-0.2, -0.15) is 0 Å². The second kappa shape index (κ2) is 7.92. The quantitative estimate of drug-likeness (QED) is 0.448. The number of anilines is 1. The van der Waals surface area contributed by atoms with Crippen molar-refractivity contribution in [1.29, 1.82) is 0 Å². The zero-order chi connectivity index (χ0) is 19.5. The molecule has 1 heterocycles. The van der Waals surface area contributed by atoms with E-state index < -0.39 is 0 Å². The number of halogens is 2. The third kappa shape index (κ3) is 4.11. The first kappa shape index (κ1) is 18.3. The van der Waals surface area contributed by atoms with Crippen LogP contribution in [0.4, 0.5) is 5.69 Å². The molecule has 0 atom stereocenters. The standard InChI is InChI=1S/C21H14Cl2N2O3/c22-13-6-9-19-18(10-13)25-21(28-19)16-11-14(7-8-17(16)23)24-20(26)12-27-15-4-2-1-3-5-15/h1-11H,12H2,(H,24,26). The first-order valence-corrected chi connectivity index (χ1v) is 9.18. The van der Waals surface area contributed by atoms with Gasteiger partial charge in [-0.1, -0.05) is 41.4 Å². The molecule has 0 spiro atoms. The van der Waals surface area contributed by atoms with E-state index >= 15 is 0 Å². The Balaban J connectivity index is 1.52. The van der Waals surface area contributed by atoms with Crippen LogP contribution < -0.4 is 10.1 Å². The monoisotopic (exact) mass is 412 g/mol. The summed E-state index contributed by atoms with van der Waals surface area (Å²) in [4.78, 5) is 16.6. The fraction of sp³-hybridized carbons (Fsp3) is 0.0476. The van der Waals surface area contributed by atoms with Gasteiger partial charge in [0.2, 0.25) is 5.89 Å². The van der Waals surface area contributed by atoms with E-state index in [9.17, 15) is 4.79 Å². The summed E-state index contributed by atoms with van der Waals surface area (Å²) in [7, 11) is 0. The lowest BCUT2D eigenvalue weighted by Gasteiger charge is -2.09. The molecule has 5 nitrogen and oxygen atoms in total. The summed E-state index contributed by atoms with van der Waals surface area (Å²) in [6, 6.07) is 19.4. The van der Waals surface area contributed by atoms with Crippen LogP contribution in [0.2, 0.25) is 10.0 Å². The van der Waals surface area contributed by atoms with Crippen molar-refractivity contribution in [2.75, 3.05) is 11.9 Å². The Morgan fingerprint density at radius 3 is 2.68 bits per heavy atom. The van der Waals surface area contributed by atoms with E-state index in [1.807, 2.05) is 18.2 Å². The average molecular weight is 413 g/mol. The number of benzene rings is 3. The van der Waals surface area contributed by atoms with E-state index in [4.69, 9.17) is 32.4 Å². The van der Waals surface area contributed by atoms with Gasteiger partial charge in [-0.05, 0) is 48.5 Å². The number of aromatic nitrogens is 1. The van der Waals surface area contributed by atoms with Crippen LogP contribution in [0.5, 0.6) is 5.75 Å². The van der Waals surface area contributed by atoms with Crippen molar-refractivity contribution >= 4 is 45.9 Å². The highest BCUT2D eigenvalue weighted by molar-refractivity contribution is 6.33. The Kier molecular flexibility index (Phi) is 5.19. The molecule has 28 heavy (non-hydrogen) atoms. The highest BCUT2D eigenvalue weighted by Gasteiger charge is 2.14. The van der Waals surface area contributed by atoms with E-state index in [0.717, 1.165) is 0 Å². The number of fused-ring (bicyclic) bond motifs is 1. The summed E-state index contributed by atoms with van der Waals surface area (Å²) in [5, 5.41) is 3.80. The molecule has 0 unspecified atom stereocenters. The summed E-state index contributed by atoms with van der Waals surface area (Å²) in [5.74, 6) is 0.681. The zero-order valence-electron chi connectivity index (χ0n) is 14.5. The Morgan fingerprint density at radius 2 is 1.86 bits per heavy atom. The van der Waals surface area contributed by atoms with Crippen LogP contribution in [-0.2, 0) is 4.79 Å². The van der Waals surface area contributed by atoms with Crippen LogP contribution in [0, 0.1) is 0 Å². The third-order valence-corrected chi connectivity index (χ3v) is 4.51. The van der Waals surface area contributed by atoms with Gasteiger partial charge in [0, 0.05) is 10.7 Å². The van der Waals surface area contributed by atoms with Crippen molar-refractivity contribution in [1.82, 2.24) is 4.98 Å². The number of nitrogens with one attached hydrogen (secondary N) is 1. The van der Waals surface area contributed by atoms with Crippen molar-refractivity contribution in [3.63, 3.8) is 0 Å². The predicted octanol–water partition coefficient (Wildman–Crippen LogP) is 5.82. The smallest absolute Gasteiger partial charge is 0.262 e. The SMILES string of the molecule is O=C(COc1ccccc1)Nc1ccc(Cl)c(-c2nc3cc(Cl)ccc3o2)c1.